The third-order valence-electron chi connectivity index (χ3n) is 5.24. The Bertz CT molecular complexity index is 1030. The molecule has 0 spiro atoms. The molecule has 3 aromatic rings. The predicted molar refractivity (Wildman–Crippen MR) is 116 cm³/mol. The van der Waals surface area contributed by atoms with Crippen LogP contribution in [-0.4, -0.2) is 6.54 Å². The summed E-state index contributed by atoms with van der Waals surface area (Å²) in [5.74, 6) is 0. The van der Waals surface area contributed by atoms with E-state index < -0.39 is 5.54 Å². The number of hydrogen-bond acceptors (Lipinski definition) is 4. The van der Waals surface area contributed by atoms with Crippen LogP contribution in [-0.2, 0) is 5.54 Å². The standard InChI is InChI=1S/C24H23N3S/c1-2-14-24(26,19-8-4-3-5-9-19)17-27-20-10-6-7-11-22(20)28-23-13-12-18(16-25)15-21(23)27/h3-13,15H,2,14,17,26H2,1H3/t24-/m1/s1. The molecule has 1 aliphatic heterocycles. The maximum Gasteiger partial charge on any atom is 0.0992 e. The van der Waals surface area contributed by atoms with Gasteiger partial charge in [0.15, 0.2) is 0 Å². The summed E-state index contributed by atoms with van der Waals surface area (Å²) in [5, 5.41) is 9.42. The van der Waals surface area contributed by atoms with Crippen LogP contribution in [0.15, 0.2) is 82.6 Å². The molecule has 28 heavy (non-hydrogen) atoms. The minimum absolute atomic E-state index is 0.481. The van der Waals surface area contributed by atoms with E-state index in [1.54, 1.807) is 11.8 Å². The molecular formula is C24H23N3S. The van der Waals surface area contributed by atoms with E-state index in [2.05, 4.69) is 54.3 Å². The molecule has 0 radical (unpaired) electrons. The molecule has 3 aromatic carbocycles. The van der Waals surface area contributed by atoms with E-state index in [-0.39, 0.29) is 0 Å². The van der Waals surface area contributed by atoms with Gasteiger partial charge in [0.25, 0.3) is 0 Å². The Balaban J connectivity index is 1.83. The van der Waals surface area contributed by atoms with Gasteiger partial charge in [0.1, 0.15) is 0 Å². The van der Waals surface area contributed by atoms with Crippen LogP contribution in [0, 0.1) is 11.3 Å². The van der Waals surface area contributed by atoms with Crippen molar-refractivity contribution in [1.82, 2.24) is 0 Å². The number of rotatable bonds is 5. The highest BCUT2D eigenvalue weighted by atomic mass is 32.2. The molecule has 0 amide bonds. The van der Waals surface area contributed by atoms with Gasteiger partial charge in [-0.25, -0.2) is 0 Å². The quantitative estimate of drug-likeness (QED) is 0.602. The Kier molecular flexibility index (Phi) is 5.13. The summed E-state index contributed by atoms with van der Waals surface area (Å²) in [6.45, 7) is 2.83. The first kappa shape index (κ1) is 18.6. The third-order valence-corrected chi connectivity index (χ3v) is 6.37. The lowest BCUT2D eigenvalue weighted by atomic mass is 9.85. The van der Waals surface area contributed by atoms with Crippen LogP contribution < -0.4 is 10.6 Å². The van der Waals surface area contributed by atoms with Crippen molar-refractivity contribution in [2.45, 2.75) is 35.1 Å². The molecule has 1 atom stereocenters. The summed E-state index contributed by atoms with van der Waals surface area (Å²) in [4.78, 5) is 4.67. The highest BCUT2D eigenvalue weighted by Crippen LogP contribution is 2.49. The molecule has 0 fully saturated rings. The predicted octanol–water partition coefficient (Wildman–Crippen LogP) is 5.82. The smallest absolute Gasteiger partial charge is 0.0992 e. The Morgan fingerprint density at radius 2 is 1.68 bits per heavy atom. The highest BCUT2D eigenvalue weighted by molar-refractivity contribution is 7.99. The van der Waals surface area contributed by atoms with Crippen LogP contribution in [0.3, 0.4) is 0 Å². The van der Waals surface area contributed by atoms with E-state index in [0.717, 1.165) is 34.7 Å². The summed E-state index contributed by atoms with van der Waals surface area (Å²) in [5.41, 5.74) is 10.6. The molecule has 1 heterocycles. The Labute approximate surface area is 170 Å². The van der Waals surface area contributed by atoms with Crippen LogP contribution in [0.2, 0.25) is 0 Å². The van der Waals surface area contributed by atoms with Crippen LogP contribution >= 0.6 is 11.8 Å². The van der Waals surface area contributed by atoms with Crippen molar-refractivity contribution in [2.24, 2.45) is 5.73 Å². The zero-order valence-electron chi connectivity index (χ0n) is 15.9. The molecule has 4 rings (SSSR count). The molecule has 3 nitrogen and oxygen atoms in total. The second kappa shape index (κ2) is 7.71. The van der Waals surface area contributed by atoms with E-state index in [1.165, 1.54) is 4.90 Å². The average Bonchev–Trinajstić information content (AvgIpc) is 2.74. The first-order valence-electron chi connectivity index (χ1n) is 9.57. The van der Waals surface area contributed by atoms with Crippen molar-refractivity contribution >= 4 is 23.1 Å². The highest BCUT2D eigenvalue weighted by Gasteiger charge is 2.33. The van der Waals surface area contributed by atoms with E-state index in [4.69, 9.17) is 5.73 Å². The summed E-state index contributed by atoms with van der Waals surface area (Å²) in [7, 11) is 0. The lowest BCUT2D eigenvalue weighted by molar-refractivity contribution is 0.411. The number of anilines is 2. The topological polar surface area (TPSA) is 53.0 Å². The number of nitrogens with two attached hydrogens (primary N) is 1. The Morgan fingerprint density at radius 1 is 0.964 bits per heavy atom. The van der Waals surface area contributed by atoms with Gasteiger partial charge in [0, 0.05) is 16.3 Å². The number of benzene rings is 3. The van der Waals surface area contributed by atoms with Gasteiger partial charge in [-0.2, -0.15) is 5.26 Å². The van der Waals surface area contributed by atoms with Crippen molar-refractivity contribution in [2.75, 3.05) is 11.4 Å². The second-order valence-electron chi connectivity index (χ2n) is 7.22. The van der Waals surface area contributed by atoms with Crippen molar-refractivity contribution in [3.05, 3.63) is 83.9 Å². The molecule has 2 N–H and O–H groups in total. The normalized spacial score (nSPS) is 14.5. The number of hydrogen-bond donors (Lipinski definition) is 1. The molecule has 1 aliphatic rings. The summed E-state index contributed by atoms with van der Waals surface area (Å²) in [6, 6.07) is 27.0. The van der Waals surface area contributed by atoms with Gasteiger partial charge in [-0.15, -0.1) is 0 Å². The Hall–Kier alpha value is -2.74. The molecule has 0 bridgehead atoms. The van der Waals surface area contributed by atoms with Gasteiger partial charge in [-0.3, -0.25) is 0 Å². The van der Waals surface area contributed by atoms with Crippen molar-refractivity contribution in [3.63, 3.8) is 0 Å². The number of nitriles is 1. The SMILES string of the molecule is CCC[C@@](N)(CN1c2ccccc2Sc2ccc(C#N)cc21)c1ccccc1. The van der Waals surface area contributed by atoms with Gasteiger partial charge in [-0.1, -0.05) is 67.6 Å². The third kappa shape index (κ3) is 3.40. The fraction of sp³-hybridized carbons (Fsp3) is 0.208. The molecule has 0 saturated heterocycles. The summed E-state index contributed by atoms with van der Waals surface area (Å²) in [6.07, 6.45) is 1.89. The minimum Gasteiger partial charge on any atom is -0.337 e. The van der Waals surface area contributed by atoms with Gasteiger partial charge in [0.2, 0.25) is 0 Å². The second-order valence-corrected chi connectivity index (χ2v) is 8.31. The fourth-order valence-corrected chi connectivity index (χ4v) is 4.96. The van der Waals surface area contributed by atoms with Crippen LogP contribution in [0.5, 0.6) is 0 Å². The first-order valence-corrected chi connectivity index (χ1v) is 10.4. The maximum absolute atomic E-state index is 9.42. The van der Waals surface area contributed by atoms with E-state index in [9.17, 15) is 5.26 Å². The summed E-state index contributed by atoms with van der Waals surface area (Å²) < 4.78 is 0. The molecule has 4 heteroatoms. The molecule has 0 unspecified atom stereocenters. The van der Waals surface area contributed by atoms with Crippen LogP contribution in [0.25, 0.3) is 0 Å². The number of nitrogens with zero attached hydrogens (tertiary/aromatic N) is 2. The van der Waals surface area contributed by atoms with Crippen molar-refractivity contribution in [3.8, 4) is 6.07 Å². The zero-order valence-corrected chi connectivity index (χ0v) is 16.7. The van der Waals surface area contributed by atoms with Gasteiger partial charge in [-0.05, 0) is 42.3 Å². The van der Waals surface area contributed by atoms with Crippen molar-refractivity contribution < 1.29 is 0 Å². The fourth-order valence-electron chi connectivity index (χ4n) is 3.88. The van der Waals surface area contributed by atoms with E-state index in [0.29, 0.717) is 12.1 Å². The van der Waals surface area contributed by atoms with Crippen LogP contribution in [0.4, 0.5) is 11.4 Å². The van der Waals surface area contributed by atoms with Gasteiger partial charge < -0.3 is 10.6 Å². The van der Waals surface area contributed by atoms with Crippen molar-refractivity contribution in [1.29, 1.82) is 5.26 Å². The number of para-hydroxylation sites is 1. The molecule has 140 valence electrons. The van der Waals surface area contributed by atoms with Gasteiger partial charge in [0.05, 0.1) is 28.5 Å². The van der Waals surface area contributed by atoms with E-state index >= 15 is 0 Å². The molecule has 0 aromatic heterocycles. The average molecular weight is 386 g/mol. The summed E-state index contributed by atoms with van der Waals surface area (Å²) >= 11 is 1.75. The Morgan fingerprint density at radius 3 is 2.43 bits per heavy atom. The lowest BCUT2D eigenvalue weighted by Gasteiger charge is -2.40. The molecule has 0 saturated carbocycles. The van der Waals surface area contributed by atoms with Gasteiger partial charge >= 0.3 is 0 Å². The van der Waals surface area contributed by atoms with E-state index in [1.807, 2.05) is 36.4 Å². The molecule has 0 aliphatic carbocycles. The zero-order chi connectivity index (χ0) is 19.6. The maximum atomic E-state index is 9.42. The minimum atomic E-state index is -0.481. The largest absolute Gasteiger partial charge is 0.337 e. The number of fused-ring (bicyclic) bond motifs is 2. The van der Waals surface area contributed by atoms with Crippen LogP contribution in [0.1, 0.15) is 30.9 Å². The first-order chi connectivity index (χ1) is 13.6. The lowest BCUT2D eigenvalue weighted by Crippen LogP contribution is -2.47. The molecular weight excluding hydrogens is 362 g/mol. The monoisotopic (exact) mass is 385 g/mol.